The molecule has 1 heteroatoms. The standard InChI is InChI=1S/C20H17N.CH4/c1-2-3-4-5-6-8-17-9-7-10-20(15-17)19-13-11-18(16-21)12-14-19;/h2-7,9-15H,1,8H2;1H4/b4-3-,6-5-;. The van der Waals surface area contributed by atoms with Gasteiger partial charge in [0.15, 0.2) is 0 Å². The zero-order valence-electron chi connectivity index (χ0n) is 11.9. The number of rotatable bonds is 5. The van der Waals surface area contributed by atoms with Gasteiger partial charge in [0.05, 0.1) is 11.6 Å². The molecule has 0 radical (unpaired) electrons. The van der Waals surface area contributed by atoms with Crippen molar-refractivity contribution in [1.82, 2.24) is 0 Å². The van der Waals surface area contributed by atoms with Gasteiger partial charge < -0.3 is 0 Å². The molecule has 0 saturated heterocycles. The summed E-state index contributed by atoms with van der Waals surface area (Å²) in [6, 6.07) is 18.3. The molecule has 0 aliphatic carbocycles. The van der Waals surface area contributed by atoms with Crippen molar-refractivity contribution in [2.75, 3.05) is 0 Å². The number of hydrogen-bond acceptors (Lipinski definition) is 1. The lowest BCUT2D eigenvalue weighted by atomic mass is 10.0. The molecule has 0 fully saturated rings. The van der Waals surface area contributed by atoms with Crippen molar-refractivity contribution >= 4 is 0 Å². The summed E-state index contributed by atoms with van der Waals surface area (Å²) in [6.07, 6.45) is 10.7. The van der Waals surface area contributed by atoms with Gasteiger partial charge >= 0.3 is 0 Å². The van der Waals surface area contributed by atoms with Gasteiger partial charge in [0, 0.05) is 0 Å². The second kappa shape index (κ2) is 9.15. The van der Waals surface area contributed by atoms with Crippen LogP contribution in [0.1, 0.15) is 18.6 Å². The van der Waals surface area contributed by atoms with Gasteiger partial charge in [-0.25, -0.2) is 0 Å². The van der Waals surface area contributed by atoms with Crippen LogP contribution in [0.4, 0.5) is 0 Å². The molecule has 0 aliphatic rings. The maximum Gasteiger partial charge on any atom is 0.0991 e. The van der Waals surface area contributed by atoms with Crippen molar-refractivity contribution < 1.29 is 0 Å². The van der Waals surface area contributed by atoms with E-state index < -0.39 is 0 Å². The monoisotopic (exact) mass is 287 g/mol. The minimum Gasteiger partial charge on any atom is -0.192 e. The van der Waals surface area contributed by atoms with E-state index in [1.165, 1.54) is 11.1 Å². The Balaban J connectivity index is 0.00000242. The molecule has 0 saturated carbocycles. The summed E-state index contributed by atoms with van der Waals surface area (Å²) >= 11 is 0. The average Bonchev–Trinajstić information content (AvgIpc) is 2.55. The fourth-order valence-electron chi connectivity index (χ4n) is 2.04. The Kier molecular flexibility index (Phi) is 7.16. The Bertz CT molecular complexity index is 697. The van der Waals surface area contributed by atoms with Crippen molar-refractivity contribution in [1.29, 1.82) is 5.26 Å². The van der Waals surface area contributed by atoms with Crippen molar-refractivity contribution in [3.63, 3.8) is 0 Å². The van der Waals surface area contributed by atoms with Crippen molar-refractivity contribution in [2.24, 2.45) is 0 Å². The Hall–Kier alpha value is -2.85. The lowest BCUT2D eigenvalue weighted by molar-refractivity contribution is 1.27. The van der Waals surface area contributed by atoms with Crippen LogP contribution in [0.2, 0.25) is 0 Å². The van der Waals surface area contributed by atoms with E-state index in [2.05, 4.69) is 43.0 Å². The first-order valence-corrected chi connectivity index (χ1v) is 6.87. The maximum absolute atomic E-state index is 8.83. The highest BCUT2D eigenvalue weighted by Gasteiger charge is 1.99. The molecule has 0 aliphatic heterocycles. The van der Waals surface area contributed by atoms with Gasteiger partial charge in [0.25, 0.3) is 0 Å². The Labute approximate surface area is 133 Å². The topological polar surface area (TPSA) is 23.8 Å². The van der Waals surface area contributed by atoms with Crippen molar-refractivity contribution in [3.8, 4) is 17.2 Å². The van der Waals surface area contributed by atoms with Gasteiger partial charge in [-0.1, -0.05) is 80.8 Å². The van der Waals surface area contributed by atoms with Crippen LogP contribution < -0.4 is 0 Å². The Morgan fingerprint density at radius 3 is 2.41 bits per heavy atom. The summed E-state index contributed by atoms with van der Waals surface area (Å²) in [5.74, 6) is 0. The largest absolute Gasteiger partial charge is 0.192 e. The molecule has 0 amide bonds. The number of nitriles is 1. The van der Waals surface area contributed by atoms with Gasteiger partial charge in [0.1, 0.15) is 0 Å². The molecule has 2 aromatic carbocycles. The van der Waals surface area contributed by atoms with E-state index in [9.17, 15) is 0 Å². The molecular weight excluding hydrogens is 266 g/mol. The zero-order chi connectivity index (χ0) is 14.9. The molecular formula is C21H21N. The van der Waals surface area contributed by atoms with Crippen LogP contribution in [0.5, 0.6) is 0 Å². The third-order valence-corrected chi connectivity index (χ3v) is 3.12. The van der Waals surface area contributed by atoms with Crippen molar-refractivity contribution in [2.45, 2.75) is 13.8 Å². The summed E-state index contributed by atoms with van der Waals surface area (Å²) < 4.78 is 0. The first-order valence-electron chi connectivity index (χ1n) is 6.87. The van der Waals surface area contributed by atoms with Gasteiger partial charge in [0.2, 0.25) is 0 Å². The van der Waals surface area contributed by atoms with Crippen LogP contribution in [0.25, 0.3) is 11.1 Å². The molecule has 0 bridgehead atoms. The number of allylic oxidation sites excluding steroid dienone is 5. The number of benzene rings is 2. The first kappa shape index (κ1) is 17.2. The smallest absolute Gasteiger partial charge is 0.0991 e. The summed E-state index contributed by atoms with van der Waals surface area (Å²) in [5, 5.41) is 8.83. The molecule has 0 spiro atoms. The quantitative estimate of drug-likeness (QED) is 0.647. The van der Waals surface area contributed by atoms with E-state index in [0.717, 1.165) is 12.0 Å². The molecule has 0 N–H and O–H groups in total. The van der Waals surface area contributed by atoms with Gasteiger partial charge in [-0.2, -0.15) is 5.26 Å². The fraction of sp³-hybridized carbons (Fsp3) is 0.0952. The van der Waals surface area contributed by atoms with E-state index >= 15 is 0 Å². The SMILES string of the molecule is C.C=C/C=C\C=C/Cc1cccc(-c2ccc(C#N)cc2)c1. The predicted octanol–water partition coefficient (Wildman–Crippen LogP) is 5.70. The zero-order valence-corrected chi connectivity index (χ0v) is 11.9. The van der Waals surface area contributed by atoms with E-state index in [-0.39, 0.29) is 7.43 Å². The second-order valence-electron chi connectivity index (χ2n) is 4.64. The van der Waals surface area contributed by atoms with E-state index in [1.54, 1.807) is 6.08 Å². The highest BCUT2D eigenvalue weighted by Crippen LogP contribution is 2.21. The molecule has 0 atom stereocenters. The molecule has 0 aromatic heterocycles. The van der Waals surface area contributed by atoms with Crippen LogP contribution in [0.15, 0.2) is 85.5 Å². The normalized spacial score (nSPS) is 10.3. The van der Waals surface area contributed by atoms with Gasteiger partial charge in [-0.15, -0.1) is 0 Å². The van der Waals surface area contributed by atoms with Gasteiger partial charge in [-0.3, -0.25) is 0 Å². The minimum atomic E-state index is 0. The molecule has 0 unspecified atom stereocenters. The molecule has 2 aromatic rings. The molecule has 110 valence electrons. The fourth-order valence-corrected chi connectivity index (χ4v) is 2.04. The van der Waals surface area contributed by atoms with Crippen LogP contribution in [-0.2, 0) is 6.42 Å². The van der Waals surface area contributed by atoms with Crippen LogP contribution >= 0.6 is 0 Å². The summed E-state index contributed by atoms with van der Waals surface area (Å²) in [6.45, 7) is 3.63. The van der Waals surface area contributed by atoms with E-state index in [0.29, 0.717) is 5.56 Å². The van der Waals surface area contributed by atoms with Crippen LogP contribution in [0.3, 0.4) is 0 Å². The number of nitrogens with zero attached hydrogens (tertiary/aromatic N) is 1. The minimum absolute atomic E-state index is 0. The average molecular weight is 287 g/mol. The van der Waals surface area contributed by atoms with E-state index in [4.69, 9.17) is 5.26 Å². The van der Waals surface area contributed by atoms with E-state index in [1.807, 2.05) is 42.5 Å². The maximum atomic E-state index is 8.83. The highest BCUT2D eigenvalue weighted by molar-refractivity contribution is 5.65. The molecule has 2 rings (SSSR count). The lowest BCUT2D eigenvalue weighted by Gasteiger charge is -2.04. The third kappa shape index (κ3) is 4.92. The highest BCUT2D eigenvalue weighted by atomic mass is 14.2. The number of hydrogen-bond donors (Lipinski definition) is 0. The van der Waals surface area contributed by atoms with Crippen LogP contribution in [-0.4, -0.2) is 0 Å². The van der Waals surface area contributed by atoms with Crippen molar-refractivity contribution in [3.05, 3.63) is 96.6 Å². The lowest BCUT2D eigenvalue weighted by Crippen LogP contribution is -1.84. The van der Waals surface area contributed by atoms with Crippen LogP contribution in [0, 0.1) is 11.3 Å². The second-order valence-corrected chi connectivity index (χ2v) is 4.64. The summed E-state index contributed by atoms with van der Waals surface area (Å²) in [4.78, 5) is 0. The summed E-state index contributed by atoms with van der Waals surface area (Å²) in [5.41, 5.74) is 4.25. The molecule has 1 nitrogen and oxygen atoms in total. The first-order chi connectivity index (χ1) is 10.3. The molecule has 22 heavy (non-hydrogen) atoms. The predicted molar refractivity (Wildman–Crippen MR) is 95.5 cm³/mol. The third-order valence-electron chi connectivity index (χ3n) is 3.12. The summed E-state index contributed by atoms with van der Waals surface area (Å²) in [7, 11) is 0. The Morgan fingerprint density at radius 1 is 0.955 bits per heavy atom. The van der Waals surface area contributed by atoms with Gasteiger partial charge in [-0.05, 0) is 35.2 Å². The Morgan fingerprint density at radius 2 is 1.73 bits per heavy atom. The molecule has 0 heterocycles.